The van der Waals surface area contributed by atoms with E-state index in [4.69, 9.17) is 0 Å². The molecule has 1 amide bonds. The number of hydrogen-bond donors (Lipinski definition) is 1. The first-order chi connectivity index (χ1) is 12.4. The van der Waals surface area contributed by atoms with E-state index in [9.17, 15) is 9.18 Å². The molecule has 0 aliphatic rings. The van der Waals surface area contributed by atoms with Crippen LogP contribution < -0.4 is 5.32 Å². The maximum Gasteiger partial charge on any atom is 0.252 e. The van der Waals surface area contributed by atoms with Gasteiger partial charge in [-0.3, -0.25) is 4.79 Å². The molecule has 26 heavy (non-hydrogen) atoms. The largest absolute Gasteiger partial charge is 0.307 e. The molecule has 0 unspecified atom stereocenters. The van der Waals surface area contributed by atoms with Gasteiger partial charge in [0.2, 0.25) is 5.91 Å². The molecule has 0 spiro atoms. The normalized spacial score (nSPS) is 11.1. The molecule has 0 saturated carbocycles. The van der Waals surface area contributed by atoms with Crippen LogP contribution in [0.2, 0.25) is 0 Å². The molecule has 1 aromatic carbocycles. The van der Waals surface area contributed by atoms with E-state index in [2.05, 4.69) is 20.4 Å². The van der Waals surface area contributed by atoms with Crippen LogP contribution in [0.4, 0.5) is 10.2 Å². The number of anilines is 1. The maximum atomic E-state index is 12.9. The van der Waals surface area contributed by atoms with E-state index < -0.39 is 0 Å². The first-order valence-electron chi connectivity index (χ1n) is 8.05. The first-order valence-corrected chi connectivity index (χ1v) is 8.05. The molecule has 3 aromatic rings. The van der Waals surface area contributed by atoms with Crippen LogP contribution in [0.25, 0.3) is 12.0 Å². The zero-order valence-corrected chi connectivity index (χ0v) is 14.7. The summed E-state index contributed by atoms with van der Waals surface area (Å²) in [5.74, 6) is 0.217. The summed E-state index contributed by atoms with van der Waals surface area (Å²) < 4.78 is 14.4. The quantitative estimate of drug-likeness (QED) is 0.732. The van der Waals surface area contributed by atoms with Crippen molar-refractivity contribution >= 4 is 17.8 Å². The van der Waals surface area contributed by atoms with E-state index >= 15 is 0 Å². The lowest BCUT2D eigenvalue weighted by Crippen LogP contribution is -2.14. The Morgan fingerprint density at radius 3 is 2.35 bits per heavy atom. The Morgan fingerprint density at radius 1 is 1.04 bits per heavy atom. The summed E-state index contributed by atoms with van der Waals surface area (Å²) in [7, 11) is 0. The van der Waals surface area contributed by atoms with Crippen LogP contribution in [0.15, 0.2) is 42.5 Å². The van der Waals surface area contributed by atoms with Gasteiger partial charge in [-0.05, 0) is 50.6 Å². The number of benzene rings is 1. The van der Waals surface area contributed by atoms with Crippen molar-refractivity contribution in [2.75, 3.05) is 5.32 Å². The molecule has 0 fully saturated rings. The van der Waals surface area contributed by atoms with Gasteiger partial charge in [-0.25, -0.2) is 14.4 Å². The minimum atomic E-state index is -0.333. The molecule has 3 rings (SSSR count). The molecule has 0 atom stereocenters. The third-order valence-electron chi connectivity index (χ3n) is 3.54. The average molecular weight is 351 g/mol. The second kappa shape index (κ2) is 7.26. The average Bonchev–Trinajstić information content (AvgIpc) is 2.94. The van der Waals surface area contributed by atoms with Crippen LogP contribution in [0.5, 0.6) is 0 Å². The van der Waals surface area contributed by atoms with Crippen molar-refractivity contribution in [3.63, 3.8) is 0 Å². The minimum absolute atomic E-state index is 0.320. The summed E-state index contributed by atoms with van der Waals surface area (Å²) >= 11 is 0. The molecule has 0 bridgehead atoms. The fraction of sp³-hybridized carbons (Fsp3) is 0.158. The number of carbonyl (C=O) groups is 1. The Hall–Kier alpha value is -3.35. The topological polar surface area (TPSA) is 72.7 Å². The number of carbonyl (C=O) groups excluding carboxylic acids is 1. The number of hydrogen-bond acceptors (Lipinski definition) is 4. The van der Waals surface area contributed by atoms with Crippen LogP contribution in [0.3, 0.4) is 0 Å². The van der Waals surface area contributed by atoms with E-state index in [1.54, 1.807) is 24.3 Å². The van der Waals surface area contributed by atoms with Gasteiger partial charge in [0, 0.05) is 23.5 Å². The molecular weight excluding hydrogens is 333 g/mol. The Labute approximate surface area is 150 Å². The third-order valence-corrected chi connectivity index (χ3v) is 3.54. The van der Waals surface area contributed by atoms with Gasteiger partial charge in [-0.1, -0.05) is 12.1 Å². The number of nitrogens with one attached hydrogen (secondary N) is 1. The van der Waals surface area contributed by atoms with E-state index in [-0.39, 0.29) is 11.7 Å². The second-order valence-electron chi connectivity index (χ2n) is 5.91. The van der Waals surface area contributed by atoms with Crippen molar-refractivity contribution in [2.24, 2.45) is 0 Å². The van der Waals surface area contributed by atoms with Crippen molar-refractivity contribution in [1.29, 1.82) is 0 Å². The number of aromatic nitrogens is 4. The minimum Gasteiger partial charge on any atom is -0.307 e. The molecule has 2 heterocycles. The monoisotopic (exact) mass is 351 g/mol. The molecule has 1 N–H and O–H groups in total. The summed E-state index contributed by atoms with van der Waals surface area (Å²) in [5.41, 5.74) is 3.08. The predicted octanol–water partition coefficient (Wildman–Crippen LogP) is 3.38. The molecule has 2 aromatic heterocycles. The zero-order chi connectivity index (χ0) is 18.7. The number of rotatable bonds is 4. The molecule has 0 aliphatic heterocycles. The predicted molar refractivity (Wildman–Crippen MR) is 97.4 cm³/mol. The second-order valence-corrected chi connectivity index (χ2v) is 5.91. The fourth-order valence-corrected chi connectivity index (χ4v) is 2.46. The SMILES string of the molecule is Cc1cc(C)nc(-n2nc(C)cc2NC(=O)/C=C/c2ccc(F)cc2)n1. The number of amides is 1. The lowest BCUT2D eigenvalue weighted by Gasteiger charge is -2.07. The van der Waals surface area contributed by atoms with Gasteiger partial charge in [0.05, 0.1) is 5.69 Å². The Morgan fingerprint density at radius 2 is 1.69 bits per heavy atom. The highest BCUT2D eigenvalue weighted by atomic mass is 19.1. The van der Waals surface area contributed by atoms with Gasteiger partial charge >= 0.3 is 0 Å². The highest BCUT2D eigenvalue weighted by molar-refractivity contribution is 6.01. The van der Waals surface area contributed by atoms with Crippen molar-refractivity contribution < 1.29 is 9.18 Å². The number of halogens is 1. The molecule has 6 nitrogen and oxygen atoms in total. The molecule has 132 valence electrons. The van der Waals surface area contributed by atoms with Crippen LogP contribution >= 0.6 is 0 Å². The van der Waals surface area contributed by atoms with Crippen LogP contribution in [-0.4, -0.2) is 25.7 Å². The van der Waals surface area contributed by atoms with E-state index in [1.807, 2.05) is 26.8 Å². The van der Waals surface area contributed by atoms with Crippen LogP contribution in [-0.2, 0) is 4.79 Å². The van der Waals surface area contributed by atoms with E-state index in [0.717, 1.165) is 22.6 Å². The van der Waals surface area contributed by atoms with Crippen molar-refractivity contribution in [1.82, 2.24) is 19.7 Å². The van der Waals surface area contributed by atoms with Crippen molar-refractivity contribution in [3.8, 4) is 5.95 Å². The maximum absolute atomic E-state index is 12.9. The lowest BCUT2D eigenvalue weighted by molar-refractivity contribution is -0.111. The number of nitrogens with zero attached hydrogens (tertiary/aromatic N) is 4. The van der Waals surface area contributed by atoms with Gasteiger partial charge < -0.3 is 5.32 Å². The Kier molecular flexibility index (Phi) is 4.88. The number of aryl methyl sites for hydroxylation is 3. The first kappa shape index (κ1) is 17.5. The lowest BCUT2D eigenvalue weighted by atomic mass is 10.2. The molecule has 0 aliphatic carbocycles. The summed E-state index contributed by atoms with van der Waals surface area (Å²) in [5, 5.41) is 7.13. The molecule has 7 heteroatoms. The van der Waals surface area contributed by atoms with Crippen LogP contribution in [0, 0.1) is 26.6 Å². The van der Waals surface area contributed by atoms with Crippen molar-refractivity contribution in [2.45, 2.75) is 20.8 Å². The standard InChI is InChI=1S/C19H18FN5O/c1-12-10-13(2)22-19(21-12)25-17(11-14(3)24-25)23-18(26)9-6-15-4-7-16(20)8-5-15/h4-11H,1-3H3,(H,23,26)/b9-6+. The molecule has 0 radical (unpaired) electrons. The Balaban J connectivity index is 1.81. The summed E-state index contributed by atoms with van der Waals surface area (Å²) in [6, 6.07) is 9.47. The smallest absolute Gasteiger partial charge is 0.252 e. The third kappa shape index (κ3) is 4.18. The van der Waals surface area contributed by atoms with Gasteiger partial charge in [0.25, 0.3) is 5.95 Å². The zero-order valence-electron chi connectivity index (χ0n) is 14.7. The highest BCUT2D eigenvalue weighted by Gasteiger charge is 2.12. The van der Waals surface area contributed by atoms with Gasteiger partial charge in [0.1, 0.15) is 11.6 Å². The summed E-state index contributed by atoms with van der Waals surface area (Å²) in [6.45, 7) is 5.57. The van der Waals surface area contributed by atoms with Crippen molar-refractivity contribution in [3.05, 3.63) is 70.9 Å². The van der Waals surface area contributed by atoms with Gasteiger partial charge in [-0.15, -0.1) is 0 Å². The Bertz CT molecular complexity index is 956. The molecular formula is C19H18FN5O. The van der Waals surface area contributed by atoms with E-state index in [1.165, 1.54) is 22.9 Å². The summed E-state index contributed by atoms with van der Waals surface area (Å²) in [4.78, 5) is 21.0. The molecule has 0 saturated heterocycles. The highest BCUT2D eigenvalue weighted by Crippen LogP contribution is 2.15. The van der Waals surface area contributed by atoms with E-state index in [0.29, 0.717) is 11.8 Å². The van der Waals surface area contributed by atoms with Crippen LogP contribution in [0.1, 0.15) is 22.6 Å². The summed E-state index contributed by atoms with van der Waals surface area (Å²) in [6.07, 6.45) is 2.98. The van der Waals surface area contributed by atoms with Gasteiger partial charge in [0.15, 0.2) is 0 Å². The fourth-order valence-electron chi connectivity index (χ4n) is 2.46. The van der Waals surface area contributed by atoms with Gasteiger partial charge in [-0.2, -0.15) is 9.78 Å².